The van der Waals surface area contributed by atoms with Crippen LogP contribution in [0.3, 0.4) is 0 Å². The molecule has 0 saturated heterocycles. The molecule has 1 aliphatic rings. The average Bonchev–Trinajstić information content (AvgIpc) is 2.76. The first-order chi connectivity index (χ1) is 14.5. The number of hydrogen-bond acceptors (Lipinski definition) is 4. The van der Waals surface area contributed by atoms with Gasteiger partial charge < -0.3 is 14.2 Å². The maximum atomic E-state index is 13.4. The summed E-state index contributed by atoms with van der Waals surface area (Å²) < 4.78 is 16.5. The highest BCUT2D eigenvalue weighted by molar-refractivity contribution is 6.14. The molecular formula is C26H30O4. The number of ether oxygens (including phenoxy) is 3. The monoisotopic (exact) mass is 406 g/mol. The van der Waals surface area contributed by atoms with Crippen molar-refractivity contribution in [1.29, 1.82) is 0 Å². The van der Waals surface area contributed by atoms with Gasteiger partial charge in [-0.25, -0.2) is 0 Å². The van der Waals surface area contributed by atoms with Crippen LogP contribution in [-0.4, -0.2) is 27.1 Å². The topological polar surface area (TPSA) is 44.8 Å². The molecular weight excluding hydrogens is 376 g/mol. The van der Waals surface area contributed by atoms with Crippen LogP contribution in [0.2, 0.25) is 0 Å². The van der Waals surface area contributed by atoms with Crippen molar-refractivity contribution in [2.75, 3.05) is 21.3 Å². The van der Waals surface area contributed by atoms with E-state index in [1.54, 1.807) is 21.3 Å². The molecule has 0 radical (unpaired) electrons. The number of para-hydroxylation sites is 2. The molecule has 0 aromatic heterocycles. The summed E-state index contributed by atoms with van der Waals surface area (Å²) in [5.41, 5.74) is 4.47. The van der Waals surface area contributed by atoms with Gasteiger partial charge in [-0.1, -0.05) is 43.7 Å². The molecule has 0 spiro atoms. The Morgan fingerprint density at radius 1 is 0.867 bits per heavy atom. The quantitative estimate of drug-likeness (QED) is 0.562. The summed E-state index contributed by atoms with van der Waals surface area (Å²) in [5.74, 6) is 2.63. The van der Waals surface area contributed by atoms with Gasteiger partial charge in [0.05, 0.1) is 21.3 Å². The number of carbonyl (C=O) groups is 1. The number of hydrogen-bond donors (Lipinski definition) is 0. The van der Waals surface area contributed by atoms with Crippen LogP contribution in [0.1, 0.15) is 42.9 Å². The molecule has 0 N–H and O–H groups in total. The van der Waals surface area contributed by atoms with Gasteiger partial charge >= 0.3 is 0 Å². The molecule has 30 heavy (non-hydrogen) atoms. The third kappa shape index (κ3) is 4.43. The first-order valence-electron chi connectivity index (χ1n) is 10.3. The summed E-state index contributed by atoms with van der Waals surface area (Å²) in [7, 11) is 4.90. The van der Waals surface area contributed by atoms with Crippen LogP contribution in [0, 0.1) is 12.8 Å². The fourth-order valence-corrected chi connectivity index (χ4v) is 4.09. The van der Waals surface area contributed by atoms with Crippen molar-refractivity contribution in [2.24, 2.45) is 5.92 Å². The van der Waals surface area contributed by atoms with Gasteiger partial charge in [0.15, 0.2) is 17.3 Å². The van der Waals surface area contributed by atoms with Gasteiger partial charge in [-0.15, -0.1) is 0 Å². The Hall–Kier alpha value is -3.01. The molecule has 2 aromatic carbocycles. The number of carbonyl (C=O) groups excluding carboxylic acids is 1. The molecule has 1 atom stereocenters. The number of allylic oxidation sites excluding steroid dienone is 2. The van der Waals surface area contributed by atoms with Crippen LogP contribution in [0.5, 0.6) is 17.2 Å². The molecule has 1 unspecified atom stereocenters. The smallest absolute Gasteiger partial charge is 0.185 e. The molecule has 0 amide bonds. The first-order valence-corrected chi connectivity index (χ1v) is 10.3. The fraction of sp³-hybridized carbons (Fsp3) is 0.346. The van der Waals surface area contributed by atoms with E-state index in [1.165, 1.54) is 0 Å². The molecule has 0 heterocycles. The normalized spacial score (nSPS) is 19.2. The molecule has 1 saturated carbocycles. The molecule has 3 rings (SSSR count). The standard InChI is InChI=1S/C26H30O4/c1-6-18-13-21(15-19-10-7-9-17(2)25(19)29-4)24(27)22(14-18)16-20-11-8-12-23(28-3)26(20)30-5/h7-12,15-16,18H,6,13-14H2,1-5H3/b21-15+,22-16+. The minimum Gasteiger partial charge on any atom is -0.496 e. The predicted octanol–water partition coefficient (Wildman–Crippen LogP) is 5.88. The number of aryl methyl sites for hydroxylation is 1. The number of ketones is 1. The van der Waals surface area contributed by atoms with Crippen molar-refractivity contribution in [3.05, 3.63) is 64.2 Å². The maximum absolute atomic E-state index is 13.4. The Bertz CT molecular complexity index is 985. The summed E-state index contributed by atoms with van der Waals surface area (Å²) in [5, 5.41) is 0. The third-order valence-corrected chi connectivity index (χ3v) is 5.72. The van der Waals surface area contributed by atoms with Gasteiger partial charge in [0, 0.05) is 22.3 Å². The van der Waals surface area contributed by atoms with Crippen molar-refractivity contribution in [2.45, 2.75) is 33.1 Å². The second-order valence-electron chi connectivity index (χ2n) is 7.63. The highest BCUT2D eigenvalue weighted by atomic mass is 16.5. The molecule has 2 aromatic rings. The van der Waals surface area contributed by atoms with Gasteiger partial charge in [0.25, 0.3) is 0 Å². The molecule has 158 valence electrons. The van der Waals surface area contributed by atoms with Crippen molar-refractivity contribution in [3.8, 4) is 17.2 Å². The Morgan fingerprint density at radius 2 is 1.43 bits per heavy atom. The van der Waals surface area contributed by atoms with E-state index in [2.05, 4.69) is 6.92 Å². The van der Waals surface area contributed by atoms with E-state index in [1.807, 2.05) is 55.5 Å². The summed E-state index contributed by atoms with van der Waals surface area (Å²) >= 11 is 0. The zero-order valence-electron chi connectivity index (χ0n) is 18.5. The van der Waals surface area contributed by atoms with Crippen molar-refractivity contribution < 1.29 is 19.0 Å². The van der Waals surface area contributed by atoms with E-state index in [-0.39, 0.29) is 5.78 Å². The Labute approximate surface area is 179 Å². The zero-order valence-corrected chi connectivity index (χ0v) is 18.5. The van der Waals surface area contributed by atoms with Gasteiger partial charge in [0.1, 0.15) is 5.75 Å². The number of methoxy groups -OCH3 is 3. The van der Waals surface area contributed by atoms with Crippen molar-refractivity contribution in [3.63, 3.8) is 0 Å². The average molecular weight is 407 g/mol. The molecule has 1 aliphatic carbocycles. The summed E-state index contributed by atoms with van der Waals surface area (Å²) in [6.07, 6.45) is 6.50. The largest absolute Gasteiger partial charge is 0.496 e. The lowest BCUT2D eigenvalue weighted by molar-refractivity contribution is -0.113. The lowest BCUT2D eigenvalue weighted by Gasteiger charge is -2.25. The van der Waals surface area contributed by atoms with E-state index in [0.29, 0.717) is 17.4 Å². The van der Waals surface area contributed by atoms with Gasteiger partial charge in [-0.05, 0) is 49.5 Å². The van der Waals surface area contributed by atoms with Crippen LogP contribution < -0.4 is 14.2 Å². The molecule has 4 nitrogen and oxygen atoms in total. The Kier molecular flexibility index (Phi) is 6.99. The Balaban J connectivity index is 2.05. The highest BCUT2D eigenvalue weighted by Gasteiger charge is 2.27. The molecule has 4 heteroatoms. The lowest BCUT2D eigenvalue weighted by Crippen LogP contribution is -2.19. The summed E-state index contributed by atoms with van der Waals surface area (Å²) in [6.45, 7) is 4.19. The molecule has 0 bridgehead atoms. The van der Waals surface area contributed by atoms with Crippen molar-refractivity contribution in [1.82, 2.24) is 0 Å². The van der Waals surface area contributed by atoms with E-state index in [0.717, 1.165) is 52.8 Å². The van der Waals surface area contributed by atoms with Crippen LogP contribution in [0.4, 0.5) is 0 Å². The van der Waals surface area contributed by atoms with Crippen LogP contribution in [0.25, 0.3) is 12.2 Å². The predicted molar refractivity (Wildman–Crippen MR) is 121 cm³/mol. The van der Waals surface area contributed by atoms with Crippen LogP contribution >= 0.6 is 0 Å². The SMILES string of the molecule is CCC1C/C(=C\c2cccc(C)c2OC)C(=O)/C(=C/c2cccc(OC)c2OC)C1. The lowest BCUT2D eigenvalue weighted by atomic mass is 9.78. The Morgan fingerprint density at radius 3 is 1.97 bits per heavy atom. The van der Waals surface area contributed by atoms with Gasteiger partial charge in [0.2, 0.25) is 0 Å². The minimum atomic E-state index is 0.0909. The van der Waals surface area contributed by atoms with Crippen LogP contribution in [-0.2, 0) is 4.79 Å². The fourth-order valence-electron chi connectivity index (χ4n) is 4.09. The van der Waals surface area contributed by atoms with Gasteiger partial charge in [-0.3, -0.25) is 4.79 Å². The number of Topliss-reactive ketones (excluding diaryl/α,β-unsaturated/α-hetero) is 1. The van der Waals surface area contributed by atoms with Crippen LogP contribution in [0.15, 0.2) is 47.5 Å². The second kappa shape index (κ2) is 9.66. The van der Waals surface area contributed by atoms with E-state index >= 15 is 0 Å². The van der Waals surface area contributed by atoms with E-state index in [9.17, 15) is 4.79 Å². The molecule has 1 fully saturated rings. The summed E-state index contributed by atoms with van der Waals surface area (Å²) in [6, 6.07) is 11.7. The number of rotatable bonds is 6. The van der Waals surface area contributed by atoms with Crippen molar-refractivity contribution >= 4 is 17.9 Å². The van der Waals surface area contributed by atoms with Gasteiger partial charge in [-0.2, -0.15) is 0 Å². The van der Waals surface area contributed by atoms with E-state index < -0.39 is 0 Å². The minimum absolute atomic E-state index is 0.0909. The third-order valence-electron chi connectivity index (χ3n) is 5.72. The highest BCUT2D eigenvalue weighted by Crippen LogP contribution is 2.38. The summed E-state index contributed by atoms with van der Waals surface area (Å²) in [4.78, 5) is 13.4. The number of benzene rings is 2. The molecule has 0 aliphatic heterocycles. The second-order valence-corrected chi connectivity index (χ2v) is 7.63. The zero-order chi connectivity index (χ0) is 21.7. The van der Waals surface area contributed by atoms with E-state index in [4.69, 9.17) is 14.2 Å². The maximum Gasteiger partial charge on any atom is 0.185 e. The first kappa shape index (κ1) is 21.7.